The van der Waals surface area contributed by atoms with Gasteiger partial charge in [-0.2, -0.15) is 5.10 Å². The molecule has 0 amide bonds. The summed E-state index contributed by atoms with van der Waals surface area (Å²) in [7, 11) is 0. The summed E-state index contributed by atoms with van der Waals surface area (Å²) in [6.45, 7) is 0. The molecule has 0 saturated carbocycles. The fraction of sp³-hybridized carbons (Fsp3) is 0.125. The molecule has 1 rings (SSSR count). The lowest BCUT2D eigenvalue weighted by atomic mass is 10.1. The molecule has 0 fully saturated rings. The third kappa shape index (κ3) is 2.28. The van der Waals surface area contributed by atoms with Gasteiger partial charge in [0.1, 0.15) is 5.82 Å². The van der Waals surface area contributed by atoms with Crippen LogP contribution in [0.1, 0.15) is 11.1 Å². The molecule has 2 nitrogen and oxygen atoms in total. The molecule has 5 heteroatoms. The number of alkyl halides is 1. The summed E-state index contributed by atoms with van der Waals surface area (Å²) in [5.74, 6) is 4.71. The Hall–Kier alpha value is -0.420. The Bertz CT molecular complexity index is 339. The lowest BCUT2D eigenvalue weighted by Gasteiger charge is -2.04. The van der Waals surface area contributed by atoms with Crippen molar-refractivity contribution in [3.63, 3.8) is 0 Å². The first-order valence-corrected chi connectivity index (χ1v) is 5.38. The van der Waals surface area contributed by atoms with Gasteiger partial charge < -0.3 is 5.84 Å². The second-order valence-electron chi connectivity index (χ2n) is 2.34. The van der Waals surface area contributed by atoms with Crippen molar-refractivity contribution in [1.82, 2.24) is 0 Å². The third-order valence-electron chi connectivity index (χ3n) is 1.58. The molecular weight excluding hydrogens is 303 g/mol. The molecule has 0 aliphatic heterocycles. The zero-order valence-corrected chi connectivity index (χ0v) is 9.77. The molecule has 1 aromatic rings. The van der Waals surface area contributed by atoms with E-state index in [-0.39, 0.29) is 5.82 Å². The highest BCUT2D eigenvalue weighted by molar-refractivity contribution is 9.10. The van der Waals surface area contributed by atoms with Gasteiger partial charge in [-0.05, 0) is 22.0 Å². The second kappa shape index (κ2) is 4.72. The van der Waals surface area contributed by atoms with Gasteiger partial charge in [-0.3, -0.25) is 0 Å². The van der Waals surface area contributed by atoms with E-state index in [1.807, 2.05) is 0 Å². The highest BCUT2D eigenvalue weighted by Gasteiger charge is 2.09. The van der Waals surface area contributed by atoms with Crippen molar-refractivity contribution in [2.24, 2.45) is 10.9 Å². The molecule has 0 saturated heterocycles. The van der Waals surface area contributed by atoms with Gasteiger partial charge in [-0.15, -0.1) is 0 Å². The number of nitrogens with two attached hydrogens (primary N) is 1. The molecule has 0 heterocycles. The molecule has 70 valence electrons. The highest BCUT2D eigenvalue weighted by Crippen LogP contribution is 2.23. The van der Waals surface area contributed by atoms with Crippen LogP contribution in [-0.4, -0.2) is 6.21 Å². The number of hydrazone groups is 1. The summed E-state index contributed by atoms with van der Waals surface area (Å²) in [4.78, 5) is 0. The minimum absolute atomic E-state index is 0.283. The van der Waals surface area contributed by atoms with Gasteiger partial charge in [0, 0.05) is 16.5 Å². The Kier molecular flexibility index (Phi) is 3.87. The summed E-state index contributed by atoms with van der Waals surface area (Å²) < 4.78 is 13.8. The summed E-state index contributed by atoms with van der Waals surface area (Å²) in [6, 6.07) is 3.37. The minimum atomic E-state index is -0.283. The van der Waals surface area contributed by atoms with Gasteiger partial charge in [-0.1, -0.05) is 22.0 Å². The van der Waals surface area contributed by atoms with Gasteiger partial charge >= 0.3 is 0 Å². The molecule has 0 spiro atoms. The van der Waals surface area contributed by atoms with Crippen LogP contribution in [-0.2, 0) is 5.33 Å². The van der Waals surface area contributed by atoms with E-state index >= 15 is 0 Å². The number of hydrogen-bond acceptors (Lipinski definition) is 2. The van der Waals surface area contributed by atoms with Crippen molar-refractivity contribution in [3.05, 3.63) is 33.5 Å². The van der Waals surface area contributed by atoms with Gasteiger partial charge in [-0.25, -0.2) is 4.39 Å². The number of hydrogen-bond donors (Lipinski definition) is 1. The van der Waals surface area contributed by atoms with E-state index in [9.17, 15) is 4.39 Å². The van der Waals surface area contributed by atoms with Crippen molar-refractivity contribution in [2.45, 2.75) is 5.33 Å². The number of halogens is 3. The van der Waals surface area contributed by atoms with Crippen molar-refractivity contribution >= 4 is 38.1 Å². The van der Waals surface area contributed by atoms with E-state index in [0.29, 0.717) is 20.9 Å². The Balaban J connectivity index is 3.29. The molecule has 1 aromatic carbocycles. The Labute approximate surface area is 92.3 Å². The van der Waals surface area contributed by atoms with Crippen molar-refractivity contribution in [1.29, 1.82) is 0 Å². The topological polar surface area (TPSA) is 38.4 Å². The molecule has 0 aromatic heterocycles. The average Bonchev–Trinajstić information content (AvgIpc) is 2.12. The van der Waals surface area contributed by atoms with E-state index in [0.717, 1.165) is 0 Å². The maximum absolute atomic E-state index is 13.4. The normalized spacial score (nSPS) is 11.0. The fourth-order valence-corrected chi connectivity index (χ4v) is 1.89. The monoisotopic (exact) mass is 308 g/mol. The molecule has 0 atom stereocenters. The maximum Gasteiger partial charge on any atom is 0.142 e. The van der Waals surface area contributed by atoms with Crippen LogP contribution >= 0.6 is 31.9 Å². The number of rotatable bonds is 2. The first-order valence-electron chi connectivity index (χ1n) is 3.46. The van der Waals surface area contributed by atoms with Crippen molar-refractivity contribution in [3.8, 4) is 0 Å². The maximum atomic E-state index is 13.4. The number of benzene rings is 1. The summed E-state index contributed by atoms with van der Waals surface area (Å²) >= 11 is 6.30. The Morgan fingerprint density at radius 2 is 2.23 bits per heavy atom. The van der Waals surface area contributed by atoms with Crippen LogP contribution in [0.3, 0.4) is 0 Å². The predicted octanol–water partition coefficient (Wildman–Crippen LogP) is 2.78. The molecule has 0 unspecified atom stereocenters. The SMILES string of the molecule is NN=Cc1ccc(Br)c(F)c1CBr. The van der Waals surface area contributed by atoms with Crippen LogP contribution < -0.4 is 5.84 Å². The quantitative estimate of drug-likeness (QED) is 0.388. The van der Waals surface area contributed by atoms with Crippen LogP contribution in [0, 0.1) is 5.82 Å². The van der Waals surface area contributed by atoms with E-state index in [1.165, 1.54) is 6.21 Å². The lowest BCUT2D eigenvalue weighted by Crippen LogP contribution is -1.97. The largest absolute Gasteiger partial charge is 0.323 e. The van der Waals surface area contributed by atoms with Gasteiger partial charge in [0.2, 0.25) is 0 Å². The lowest BCUT2D eigenvalue weighted by molar-refractivity contribution is 0.610. The smallest absolute Gasteiger partial charge is 0.142 e. The van der Waals surface area contributed by atoms with Crippen LogP contribution in [0.5, 0.6) is 0 Å². The van der Waals surface area contributed by atoms with Crippen LogP contribution in [0.15, 0.2) is 21.7 Å². The molecule has 0 aliphatic rings. The van der Waals surface area contributed by atoms with Gasteiger partial charge in [0.05, 0.1) is 10.7 Å². The molecule has 0 aliphatic carbocycles. The molecular formula is C8H7Br2FN2. The van der Waals surface area contributed by atoms with Crippen LogP contribution in [0.4, 0.5) is 4.39 Å². The van der Waals surface area contributed by atoms with E-state index in [2.05, 4.69) is 37.0 Å². The number of nitrogens with zero attached hydrogens (tertiary/aromatic N) is 1. The average molecular weight is 310 g/mol. The fourth-order valence-electron chi connectivity index (χ4n) is 0.945. The molecule has 0 radical (unpaired) electrons. The van der Waals surface area contributed by atoms with Crippen molar-refractivity contribution < 1.29 is 4.39 Å². The second-order valence-corrected chi connectivity index (χ2v) is 3.76. The highest BCUT2D eigenvalue weighted by atomic mass is 79.9. The molecule has 0 bridgehead atoms. The third-order valence-corrected chi connectivity index (χ3v) is 2.75. The zero-order valence-electron chi connectivity index (χ0n) is 6.60. The van der Waals surface area contributed by atoms with E-state index in [4.69, 9.17) is 5.84 Å². The van der Waals surface area contributed by atoms with E-state index < -0.39 is 0 Å². The first kappa shape index (κ1) is 10.7. The minimum Gasteiger partial charge on any atom is -0.323 e. The van der Waals surface area contributed by atoms with Crippen LogP contribution in [0.25, 0.3) is 0 Å². The van der Waals surface area contributed by atoms with Crippen LogP contribution in [0.2, 0.25) is 0 Å². The first-order chi connectivity index (χ1) is 6.20. The summed E-state index contributed by atoms with van der Waals surface area (Å²) in [6.07, 6.45) is 1.42. The Morgan fingerprint density at radius 1 is 1.54 bits per heavy atom. The zero-order chi connectivity index (χ0) is 9.84. The van der Waals surface area contributed by atoms with Crippen molar-refractivity contribution in [2.75, 3.05) is 0 Å². The molecule has 13 heavy (non-hydrogen) atoms. The Morgan fingerprint density at radius 3 is 2.77 bits per heavy atom. The predicted molar refractivity (Wildman–Crippen MR) is 58.5 cm³/mol. The van der Waals surface area contributed by atoms with Gasteiger partial charge in [0.15, 0.2) is 0 Å². The van der Waals surface area contributed by atoms with E-state index in [1.54, 1.807) is 12.1 Å². The van der Waals surface area contributed by atoms with Gasteiger partial charge in [0.25, 0.3) is 0 Å². The standard InChI is InChI=1S/C8H7Br2FN2/c9-3-6-5(4-13-12)1-2-7(10)8(6)11/h1-2,4H,3,12H2. The summed E-state index contributed by atoms with van der Waals surface area (Å²) in [5.41, 5.74) is 1.23. The summed E-state index contributed by atoms with van der Waals surface area (Å²) in [5, 5.41) is 3.79. The molecule has 2 N–H and O–H groups in total.